The van der Waals surface area contributed by atoms with Gasteiger partial charge in [-0.15, -0.1) is 0 Å². The Morgan fingerprint density at radius 3 is 2.65 bits per heavy atom. The van der Waals surface area contributed by atoms with E-state index in [4.69, 9.17) is 4.74 Å². The number of nitrogens with one attached hydrogen (secondary N) is 1. The number of benzene rings is 1. The van der Waals surface area contributed by atoms with Crippen molar-refractivity contribution in [2.24, 2.45) is 0 Å². The molecule has 0 aromatic heterocycles. The van der Waals surface area contributed by atoms with Gasteiger partial charge in [-0.25, -0.2) is 4.39 Å². The molecule has 0 saturated carbocycles. The maximum absolute atomic E-state index is 13.3. The van der Waals surface area contributed by atoms with Crippen molar-refractivity contribution >= 4 is 11.9 Å². The molecule has 0 radical (unpaired) electrons. The smallest absolute Gasteiger partial charge is 0.320 e. The summed E-state index contributed by atoms with van der Waals surface area (Å²) in [5.74, 6) is -1.01. The number of amides is 1. The van der Waals surface area contributed by atoms with Gasteiger partial charge in [-0.1, -0.05) is 18.2 Å². The van der Waals surface area contributed by atoms with Crippen molar-refractivity contribution in [2.75, 3.05) is 26.7 Å². The third kappa shape index (κ3) is 5.79. The van der Waals surface area contributed by atoms with Crippen molar-refractivity contribution in [1.29, 1.82) is 0 Å². The second-order valence-electron chi connectivity index (χ2n) is 4.35. The zero-order valence-electron chi connectivity index (χ0n) is 11.7. The normalized spacial score (nSPS) is 10.4. The lowest BCUT2D eigenvalue weighted by Gasteiger charge is -2.15. The minimum Gasteiger partial charge on any atom is -0.465 e. The van der Waals surface area contributed by atoms with Crippen LogP contribution >= 0.6 is 0 Å². The second-order valence-corrected chi connectivity index (χ2v) is 4.35. The predicted octanol–water partition coefficient (Wildman–Crippen LogP) is 0.937. The molecule has 0 fully saturated rings. The average molecular weight is 282 g/mol. The van der Waals surface area contributed by atoms with Gasteiger partial charge in [0, 0.05) is 12.1 Å². The molecule has 20 heavy (non-hydrogen) atoms. The summed E-state index contributed by atoms with van der Waals surface area (Å²) in [5, 5.41) is 2.60. The Morgan fingerprint density at radius 1 is 1.30 bits per heavy atom. The van der Waals surface area contributed by atoms with E-state index in [0.717, 1.165) is 0 Å². The van der Waals surface area contributed by atoms with Crippen LogP contribution in [-0.2, 0) is 20.9 Å². The SMILES string of the molecule is CCOC(=O)CN(C)CC(=O)NCc1ccccc1F. The van der Waals surface area contributed by atoms with Crippen molar-refractivity contribution < 1.29 is 18.7 Å². The van der Waals surface area contributed by atoms with Crippen LogP contribution in [0.4, 0.5) is 4.39 Å². The van der Waals surface area contributed by atoms with Gasteiger partial charge in [0.25, 0.3) is 0 Å². The van der Waals surface area contributed by atoms with E-state index in [9.17, 15) is 14.0 Å². The lowest BCUT2D eigenvalue weighted by molar-refractivity contribution is -0.144. The molecular formula is C14H19FN2O3. The molecule has 1 aromatic rings. The number of likely N-dealkylation sites (N-methyl/N-ethyl adjacent to an activating group) is 1. The highest BCUT2D eigenvalue weighted by Crippen LogP contribution is 2.05. The maximum atomic E-state index is 13.3. The number of carbonyl (C=O) groups is 2. The van der Waals surface area contributed by atoms with E-state index < -0.39 is 0 Å². The number of carbonyl (C=O) groups excluding carboxylic acids is 2. The fourth-order valence-electron chi connectivity index (χ4n) is 1.62. The fraction of sp³-hybridized carbons (Fsp3) is 0.429. The predicted molar refractivity (Wildman–Crippen MR) is 72.4 cm³/mol. The zero-order valence-corrected chi connectivity index (χ0v) is 11.7. The summed E-state index contributed by atoms with van der Waals surface area (Å²) in [6, 6.07) is 6.25. The van der Waals surface area contributed by atoms with Gasteiger partial charge in [0.15, 0.2) is 0 Å². The van der Waals surface area contributed by atoms with Crippen LogP contribution in [0.3, 0.4) is 0 Å². The van der Waals surface area contributed by atoms with Crippen molar-refractivity contribution in [3.05, 3.63) is 35.6 Å². The van der Waals surface area contributed by atoms with E-state index in [1.165, 1.54) is 11.0 Å². The second kappa shape index (κ2) is 8.27. The van der Waals surface area contributed by atoms with Crippen LogP contribution in [0.25, 0.3) is 0 Å². The number of hydrogen-bond acceptors (Lipinski definition) is 4. The third-order valence-electron chi connectivity index (χ3n) is 2.55. The largest absolute Gasteiger partial charge is 0.465 e. The van der Waals surface area contributed by atoms with Gasteiger partial charge in [0.05, 0.1) is 19.7 Å². The highest BCUT2D eigenvalue weighted by molar-refractivity contribution is 5.79. The summed E-state index contributed by atoms with van der Waals surface area (Å²) in [4.78, 5) is 24.4. The van der Waals surface area contributed by atoms with Gasteiger partial charge in [-0.05, 0) is 20.0 Å². The molecule has 0 aliphatic rings. The van der Waals surface area contributed by atoms with Gasteiger partial charge in [-0.2, -0.15) is 0 Å². The Morgan fingerprint density at radius 2 is 2.00 bits per heavy atom. The molecule has 0 spiro atoms. The number of hydrogen-bond donors (Lipinski definition) is 1. The van der Waals surface area contributed by atoms with Crippen LogP contribution < -0.4 is 5.32 Å². The molecule has 6 heteroatoms. The average Bonchev–Trinajstić information content (AvgIpc) is 2.37. The van der Waals surface area contributed by atoms with Crippen LogP contribution in [0.1, 0.15) is 12.5 Å². The molecule has 0 saturated heterocycles. The van der Waals surface area contributed by atoms with Crippen molar-refractivity contribution in [3.63, 3.8) is 0 Å². The van der Waals surface area contributed by atoms with Gasteiger partial charge in [0.2, 0.25) is 5.91 Å². The summed E-state index contributed by atoms with van der Waals surface area (Å²) in [6.07, 6.45) is 0. The highest BCUT2D eigenvalue weighted by atomic mass is 19.1. The lowest BCUT2D eigenvalue weighted by Crippen LogP contribution is -2.37. The topological polar surface area (TPSA) is 58.6 Å². The van der Waals surface area contributed by atoms with Gasteiger partial charge in [0.1, 0.15) is 5.82 Å². The zero-order chi connectivity index (χ0) is 15.0. The van der Waals surface area contributed by atoms with Crippen LogP contribution in [0, 0.1) is 5.82 Å². The standard InChI is InChI=1S/C14H19FN2O3/c1-3-20-14(19)10-17(2)9-13(18)16-8-11-6-4-5-7-12(11)15/h4-7H,3,8-10H2,1-2H3,(H,16,18). The van der Waals surface area contributed by atoms with Crippen LogP contribution in [0.2, 0.25) is 0 Å². The van der Waals surface area contributed by atoms with Crippen LogP contribution in [0.15, 0.2) is 24.3 Å². The molecule has 1 aromatic carbocycles. The van der Waals surface area contributed by atoms with E-state index in [-0.39, 0.29) is 37.3 Å². The first-order valence-corrected chi connectivity index (χ1v) is 6.37. The van der Waals surface area contributed by atoms with E-state index in [1.807, 2.05) is 0 Å². The number of nitrogens with zero attached hydrogens (tertiary/aromatic N) is 1. The Bertz CT molecular complexity index is 465. The Labute approximate surface area is 117 Å². The van der Waals surface area contributed by atoms with Crippen molar-refractivity contribution in [2.45, 2.75) is 13.5 Å². The Balaban J connectivity index is 2.33. The molecule has 0 bridgehead atoms. The van der Waals surface area contributed by atoms with Crippen LogP contribution in [0.5, 0.6) is 0 Å². The molecule has 0 heterocycles. The molecule has 5 nitrogen and oxygen atoms in total. The minimum absolute atomic E-state index is 0.0426. The molecule has 0 atom stereocenters. The molecule has 110 valence electrons. The first-order valence-electron chi connectivity index (χ1n) is 6.37. The molecular weight excluding hydrogens is 263 g/mol. The lowest BCUT2D eigenvalue weighted by atomic mass is 10.2. The number of halogens is 1. The molecule has 0 unspecified atom stereocenters. The summed E-state index contributed by atoms with van der Waals surface area (Å²) >= 11 is 0. The van der Waals surface area contributed by atoms with Gasteiger partial charge < -0.3 is 10.1 Å². The van der Waals surface area contributed by atoms with E-state index in [2.05, 4.69) is 5.32 Å². The first kappa shape index (κ1) is 16.1. The van der Waals surface area contributed by atoms with E-state index in [1.54, 1.807) is 32.2 Å². The van der Waals surface area contributed by atoms with Crippen LogP contribution in [-0.4, -0.2) is 43.5 Å². The van der Waals surface area contributed by atoms with E-state index >= 15 is 0 Å². The van der Waals surface area contributed by atoms with Gasteiger partial charge >= 0.3 is 5.97 Å². The number of rotatable bonds is 7. The third-order valence-corrected chi connectivity index (χ3v) is 2.55. The molecule has 1 N–H and O–H groups in total. The summed E-state index contributed by atoms with van der Waals surface area (Å²) in [6.45, 7) is 2.25. The molecule has 1 amide bonds. The van der Waals surface area contributed by atoms with Crippen molar-refractivity contribution in [1.82, 2.24) is 10.2 Å². The molecule has 0 aliphatic heterocycles. The number of ether oxygens (including phenoxy) is 1. The quantitative estimate of drug-likeness (QED) is 0.756. The summed E-state index contributed by atoms with van der Waals surface area (Å²) in [5.41, 5.74) is 0.425. The highest BCUT2D eigenvalue weighted by Gasteiger charge is 2.11. The molecule has 1 rings (SSSR count). The Hall–Kier alpha value is -1.95. The molecule has 0 aliphatic carbocycles. The maximum Gasteiger partial charge on any atom is 0.320 e. The minimum atomic E-state index is -0.378. The monoisotopic (exact) mass is 282 g/mol. The Kier molecular flexibility index (Phi) is 6.66. The summed E-state index contributed by atoms with van der Waals surface area (Å²) in [7, 11) is 1.64. The number of esters is 1. The van der Waals surface area contributed by atoms with Gasteiger partial charge in [-0.3, -0.25) is 14.5 Å². The summed E-state index contributed by atoms with van der Waals surface area (Å²) < 4.78 is 18.1. The van der Waals surface area contributed by atoms with Crippen molar-refractivity contribution in [3.8, 4) is 0 Å². The van der Waals surface area contributed by atoms with E-state index in [0.29, 0.717) is 12.2 Å². The first-order chi connectivity index (χ1) is 9.52. The fourth-order valence-corrected chi connectivity index (χ4v) is 1.62.